The fraction of sp³-hybridized carbons (Fsp3) is 0.350. The summed E-state index contributed by atoms with van der Waals surface area (Å²) in [4.78, 5) is 12.1. The van der Waals surface area contributed by atoms with E-state index in [0.29, 0.717) is 16.9 Å². The van der Waals surface area contributed by atoms with Gasteiger partial charge in [-0.25, -0.2) is 8.78 Å². The number of hydrogen-bond donors (Lipinski definition) is 2. The lowest BCUT2D eigenvalue weighted by Gasteiger charge is -2.15. The van der Waals surface area contributed by atoms with Gasteiger partial charge in [-0.1, -0.05) is 18.2 Å². The van der Waals surface area contributed by atoms with Crippen LogP contribution in [0.4, 0.5) is 8.78 Å². The summed E-state index contributed by atoms with van der Waals surface area (Å²) in [6.07, 6.45) is 1.75. The lowest BCUT2D eigenvalue weighted by atomic mass is 10.1. The molecule has 144 valence electrons. The molecule has 2 N–H and O–H groups in total. The first-order valence-electron chi connectivity index (χ1n) is 8.82. The second kappa shape index (κ2) is 8.81. The average Bonchev–Trinajstić information content (AvgIpc) is 3.21. The highest BCUT2D eigenvalue weighted by Gasteiger charge is 2.22. The van der Waals surface area contributed by atoms with Gasteiger partial charge in [0.15, 0.2) is 11.6 Å². The number of halogens is 2. The van der Waals surface area contributed by atoms with Crippen LogP contribution in [0.1, 0.15) is 24.0 Å². The minimum Gasteiger partial charge on any atom is -0.496 e. The van der Waals surface area contributed by atoms with Crippen LogP contribution >= 0.6 is 0 Å². The second-order valence-electron chi connectivity index (χ2n) is 6.34. The van der Waals surface area contributed by atoms with Crippen molar-refractivity contribution in [2.24, 2.45) is 0 Å². The number of carbonyl (C=O) groups excluding carboxylic acids is 1. The minimum absolute atomic E-state index is 0.0392. The molecule has 0 radical (unpaired) electrons. The van der Waals surface area contributed by atoms with E-state index in [1.54, 1.807) is 18.2 Å². The van der Waals surface area contributed by atoms with Crippen molar-refractivity contribution in [1.82, 2.24) is 10.6 Å². The molecular formula is C20H22F2N2O3. The van der Waals surface area contributed by atoms with Crippen LogP contribution in [0.3, 0.4) is 0 Å². The quantitative estimate of drug-likeness (QED) is 0.780. The average molecular weight is 376 g/mol. The number of nitrogens with one attached hydrogen (secondary N) is 2. The van der Waals surface area contributed by atoms with Gasteiger partial charge in [0, 0.05) is 23.7 Å². The number of hydrogen-bond acceptors (Lipinski definition) is 4. The summed E-state index contributed by atoms with van der Waals surface area (Å²) in [6.45, 7) is 0.866. The largest absolute Gasteiger partial charge is 0.496 e. The summed E-state index contributed by atoms with van der Waals surface area (Å²) < 4.78 is 38.8. The van der Waals surface area contributed by atoms with Crippen LogP contribution in [-0.2, 0) is 17.9 Å². The SMILES string of the molecule is COc1cc(OCc2ccccc2F)c(F)cc1CNC(=O)[C@@H]1CCCN1. The van der Waals surface area contributed by atoms with Crippen LogP contribution in [0, 0.1) is 11.6 Å². The third-order valence-electron chi connectivity index (χ3n) is 4.51. The first-order valence-corrected chi connectivity index (χ1v) is 8.82. The molecule has 1 aliphatic heterocycles. The number of amides is 1. The smallest absolute Gasteiger partial charge is 0.237 e. The Bertz CT molecular complexity index is 808. The molecule has 2 aromatic carbocycles. The highest BCUT2D eigenvalue weighted by Crippen LogP contribution is 2.29. The fourth-order valence-corrected chi connectivity index (χ4v) is 3.00. The van der Waals surface area contributed by atoms with E-state index in [9.17, 15) is 13.6 Å². The zero-order chi connectivity index (χ0) is 19.2. The summed E-state index contributed by atoms with van der Waals surface area (Å²) >= 11 is 0. The van der Waals surface area contributed by atoms with Gasteiger partial charge in [-0.05, 0) is 31.5 Å². The Balaban J connectivity index is 1.67. The molecule has 1 heterocycles. The van der Waals surface area contributed by atoms with Gasteiger partial charge >= 0.3 is 0 Å². The molecule has 3 rings (SSSR count). The molecule has 0 bridgehead atoms. The minimum atomic E-state index is -0.602. The Morgan fingerprint density at radius 1 is 1.19 bits per heavy atom. The molecule has 5 nitrogen and oxygen atoms in total. The van der Waals surface area contributed by atoms with Gasteiger partial charge in [-0.2, -0.15) is 0 Å². The van der Waals surface area contributed by atoms with Crippen LogP contribution in [0.25, 0.3) is 0 Å². The van der Waals surface area contributed by atoms with Crippen LogP contribution in [0.5, 0.6) is 11.5 Å². The molecule has 0 saturated carbocycles. The zero-order valence-electron chi connectivity index (χ0n) is 15.1. The lowest BCUT2D eigenvalue weighted by molar-refractivity contribution is -0.122. The molecule has 1 amide bonds. The maximum atomic E-state index is 14.4. The van der Waals surface area contributed by atoms with Crippen molar-refractivity contribution in [1.29, 1.82) is 0 Å². The van der Waals surface area contributed by atoms with Crippen molar-refractivity contribution in [2.45, 2.75) is 32.0 Å². The Morgan fingerprint density at radius 3 is 2.70 bits per heavy atom. The van der Waals surface area contributed by atoms with Crippen LogP contribution in [0.2, 0.25) is 0 Å². The Labute approximate surface area is 156 Å². The number of ether oxygens (including phenoxy) is 2. The van der Waals surface area contributed by atoms with E-state index in [1.807, 2.05) is 0 Å². The van der Waals surface area contributed by atoms with Crippen molar-refractivity contribution < 1.29 is 23.0 Å². The summed E-state index contributed by atoms with van der Waals surface area (Å²) in [5.41, 5.74) is 0.829. The number of carbonyl (C=O) groups is 1. The van der Waals surface area contributed by atoms with Gasteiger partial charge < -0.3 is 20.1 Å². The molecule has 1 atom stereocenters. The van der Waals surface area contributed by atoms with E-state index >= 15 is 0 Å². The predicted molar refractivity (Wildman–Crippen MR) is 96.6 cm³/mol. The fourth-order valence-electron chi connectivity index (χ4n) is 3.00. The molecule has 1 aliphatic rings. The van der Waals surface area contributed by atoms with Gasteiger partial charge in [-0.15, -0.1) is 0 Å². The standard InChI is InChI=1S/C20H22F2N2O3/c1-26-18-10-19(27-12-13-5-2-3-6-15(13)21)16(22)9-14(18)11-24-20(25)17-7-4-8-23-17/h2-3,5-6,9-10,17,23H,4,7-8,11-12H2,1H3,(H,24,25)/t17-/m0/s1. The third kappa shape index (κ3) is 4.74. The molecule has 0 aliphatic carbocycles. The monoisotopic (exact) mass is 376 g/mol. The van der Waals surface area contributed by atoms with Crippen molar-refractivity contribution >= 4 is 5.91 Å². The van der Waals surface area contributed by atoms with E-state index < -0.39 is 11.6 Å². The van der Waals surface area contributed by atoms with Crippen LogP contribution in [0.15, 0.2) is 36.4 Å². The Kier molecular flexibility index (Phi) is 6.24. The molecule has 2 aromatic rings. The summed E-state index contributed by atoms with van der Waals surface area (Å²) in [5.74, 6) is -0.780. The molecule has 1 saturated heterocycles. The summed E-state index contributed by atoms with van der Waals surface area (Å²) in [7, 11) is 1.46. The van der Waals surface area contributed by atoms with Crippen molar-refractivity contribution in [3.05, 3.63) is 59.2 Å². The van der Waals surface area contributed by atoms with Gasteiger partial charge in [-0.3, -0.25) is 4.79 Å². The third-order valence-corrected chi connectivity index (χ3v) is 4.51. The molecule has 0 spiro atoms. The zero-order valence-corrected chi connectivity index (χ0v) is 15.1. The molecular weight excluding hydrogens is 354 g/mol. The Morgan fingerprint density at radius 2 is 2.00 bits per heavy atom. The van der Waals surface area contributed by atoms with E-state index in [0.717, 1.165) is 19.4 Å². The highest BCUT2D eigenvalue weighted by atomic mass is 19.1. The lowest BCUT2D eigenvalue weighted by Crippen LogP contribution is -2.40. The van der Waals surface area contributed by atoms with Crippen molar-refractivity contribution in [3.63, 3.8) is 0 Å². The van der Waals surface area contributed by atoms with Gasteiger partial charge in [0.05, 0.1) is 13.2 Å². The van der Waals surface area contributed by atoms with E-state index in [4.69, 9.17) is 9.47 Å². The predicted octanol–water partition coefficient (Wildman–Crippen LogP) is 2.92. The van der Waals surface area contributed by atoms with E-state index in [-0.39, 0.29) is 30.9 Å². The van der Waals surface area contributed by atoms with Crippen molar-refractivity contribution in [3.8, 4) is 11.5 Å². The Hall–Kier alpha value is -2.67. The maximum Gasteiger partial charge on any atom is 0.237 e. The topological polar surface area (TPSA) is 59.6 Å². The van der Waals surface area contributed by atoms with E-state index in [1.165, 1.54) is 25.3 Å². The molecule has 27 heavy (non-hydrogen) atoms. The molecule has 7 heteroatoms. The number of benzene rings is 2. The molecule has 0 aromatic heterocycles. The van der Waals surface area contributed by atoms with Crippen LogP contribution < -0.4 is 20.1 Å². The first-order chi connectivity index (χ1) is 13.1. The van der Waals surface area contributed by atoms with Gasteiger partial charge in [0.1, 0.15) is 18.2 Å². The number of rotatable bonds is 7. The normalized spacial score (nSPS) is 16.2. The second-order valence-corrected chi connectivity index (χ2v) is 6.34. The molecule has 1 fully saturated rings. The summed E-state index contributed by atoms with van der Waals surface area (Å²) in [6, 6.07) is 8.62. The van der Waals surface area contributed by atoms with Gasteiger partial charge in [0.25, 0.3) is 0 Å². The summed E-state index contributed by atoms with van der Waals surface area (Å²) in [5, 5.41) is 5.90. The van der Waals surface area contributed by atoms with Crippen molar-refractivity contribution in [2.75, 3.05) is 13.7 Å². The first kappa shape index (κ1) is 19.1. The maximum absolute atomic E-state index is 14.4. The van der Waals surface area contributed by atoms with Crippen LogP contribution in [-0.4, -0.2) is 25.6 Å². The number of methoxy groups -OCH3 is 1. The molecule has 0 unspecified atom stereocenters. The van der Waals surface area contributed by atoms with E-state index in [2.05, 4.69) is 10.6 Å². The van der Waals surface area contributed by atoms with Gasteiger partial charge in [0.2, 0.25) is 5.91 Å². The highest BCUT2D eigenvalue weighted by molar-refractivity contribution is 5.82.